The highest BCUT2D eigenvalue weighted by molar-refractivity contribution is 7.98. The van der Waals surface area contributed by atoms with E-state index >= 15 is 0 Å². The highest BCUT2D eigenvalue weighted by Crippen LogP contribution is 2.13. The fraction of sp³-hybridized carbons (Fsp3) is 0.444. The van der Waals surface area contributed by atoms with Crippen LogP contribution in [0.3, 0.4) is 0 Å². The van der Waals surface area contributed by atoms with Gasteiger partial charge in [0.25, 0.3) is 0 Å². The van der Waals surface area contributed by atoms with Crippen LogP contribution in [0.4, 0.5) is 5.69 Å². The van der Waals surface area contributed by atoms with Crippen LogP contribution in [0.2, 0.25) is 0 Å². The summed E-state index contributed by atoms with van der Waals surface area (Å²) in [5.41, 5.74) is 6.19. The van der Waals surface area contributed by atoms with Crippen LogP contribution in [0.5, 0.6) is 0 Å². The molecule has 0 aliphatic rings. The van der Waals surface area contributed by atoms with E-state index < -0.39 is 10.8 Å². The SMILES string of the molecule is CSCCCS(=O)c1ncccc1N. The lowest BCUT2D eigenvalue weighted by molar-refractivity contribution is 0.679. The fourth-order valence-corrected chi connectivity index (χ4v) is 2.75. The maximum atomic E-state index is 11.7. The van der Waals surface area contributed by atoms with E-state index in [0.717, 1.165) is 12.2 Å². The van der Waals surface area contributed by atoms with Crippen LogP contribution < -0.4 is 5.73 Å². The molecule has 1 aromatic heterocycles. The van der Waals surface area contributed by atoms with Crippen molar-refractivity contribution in [1.82, 2.24) is 4.98 Å². The molecule has 1 atom stereocenters. The summed E-state index contributed by atoms with van der Waals surface area (Å²) >= 11 is 1.76. The number of aromatic nitrogens is 1. The van der Waals surface area contributed by atoms with Crippen molar-refractivity contribution in [1.29, 1.82) is 0 Å². The summed E-state index contributed by atoms with van der Waals surface area (Å²) in [5.74, 6) is 1.67. The number of nitrogens with two attached hydrogens (primary N) is 1. The van der Waals surface area contributed by atoms with Gasteiger partial charge in [0.15, 0.2) is 0 Å². The van der Waals surface area contributed by atoms with Crippen molar-refractivity contribution < 1.29 is 4.21 Å². The predicted octanol–water partition coefficient (Wildman–Crippen LogP) is 1.52. The summed E-state index contributed by atoms with van der Waals surface area (Å²) in [4.78, 5) is 4.02. The van der Waals surface area contributed by atoms with E-state index in [4.69, 9.17) is 5.73 Å². The monoisotopic (exact) mass is 230 g/mol. The molecule has 0 fully saturated rings. The Hall–Kier alpha value is -0.550. The molecule has 1 unspecified atom stereocenters. The molecule has 1 rings (SSSR count). The summed E-state index contributed by atoms with van der Waals surface area (Å²) in [7, 11) is -1.05. The molecule has 0 amide bonds. The van der Waals surface area contributed by atoms with E-state index in [1.807, 2.05) is 6.26 Å². The average molecular weight is 230 g/mol. The topological polar surface area (TPSA) is 56.0 Å². The van der Waals surface area contributed by atoms with E-state index in [9.17, 15) is 4.21 Å². The van der Waals surface area contributed by atoms with Gasteiger partial charge in [0, 0.05) is 11.9 Å². The second-order valence-electron chi connectivity index (χ2n) is 2.79. The molecule has 3 nitrogen and oxygen atoms in total. The second-order valence-corrected chi connectivity index (χ2v) is 5.27. The number of nitrogens with zero attached hydrogens (tertiary/aromatic N) is 1. The molecule has 0 bridgehead atoms. The van der Waals surface area contributed by atoms with Crippen LogP contribution in [0.1, 0.15) is 6.42 Å². The van der Waals surface area contributed by atoms with Gasteiger partial charge in [0.1, 0.15) is 5.03 Å². The second kappa shape index (κ2) is 6.03. The van der Waals surface area contributed by atoms with Crippen molar-refractivity contribution in [2.24, 2.45) is 0 Å². The van der Waals surface area contributed by atoms with Crippen LogP contribution in [-0.4, -0.2) is 27.0 Å². The Labute approximate surface area is 90.9 Å². The van der Waals surface area contributed by atoms with Gasteiger partial charge in [-0.2, -0.15) is 11.8 Å². The van der Waals surface area contributed by atoms with Gasteiger partial charge in [-0.25, -0.2) is 4.98 Å². The smallest absolute Gasteiger partial charge is 0.150 e. The van der Waals surface area contributed by atoms with Crippen LogP contribution in [-0.2, 0) is 10.8 Å². The van der Waals surface area contributed by atoms with Gasteiger partial charge < -0.3 is 5.73 Å². The number of hydrogen-bond donors (Lipinski definition) is 1. The number of rotatable bonds is 5. The van der Waals surface area contributed by atoms with Gasteiger partial charge >= 0.3 is 0 Å². The number of nitrogen functional groups attached to an aromatic ring is 1. The number of thioether (sulfide) groups is 1. The minimum Gasteiger partial charge on any atom is -0.396 e. The molecule has 5 heteroatoms. The summed E-state index contributed by atoms with van der Waals surface area (Å²) in [5, 5.41) is 0.522. The van der Waals surface area contributed by atoms with E-state index in [-0.39, 0.29) is 0 Å². The molecule has 0 spiro atoms. The molecule has 78 valence electrons. The molecule has 0 aromatic carbocycles. The molecule has 0 saturated carbocycles. The first-order chi connectivity index (χ1) is 6.75. The van der Waals surface area contributed by atoms with Crippen LogP contribution in [0.15, 0.2) is 23.4 Å². The quantitative estimate of drug-likeness (QED) is 0.779. The Bertz CT molecular complexity index is 317. The minimum atomic E-state index is -1.05. The molecular weight excluding hydrogens is 216 g/mol. The third kappa shape index (κ3) is 3.31. The van der Waals surface area contributed by atoms with Crippen molar-refractivity contribution in [3.8, 4) is 0 Å². The zero-order chi connectivity index (χ0) is 10.4. The van der Waals surface area contributed by atoms with Gasteiger partial charge in [-0.1, -0.05) is 0 Å². The van der Waals surface area contributed by atoms with Gasteiger partial charge in [-0.3, -0.25) is 4.21 Å². The summed E-state index contributed by atoms with van der Waals surface area (Å²) < 4.78 is 11.7. The largest absolute Gasteiger partial charge is 0.396 e. The van der Waals surface area contributed by atoms with Gasteiger partial charge in [-0.05, 0) is 30.6 Å². The molecule has 0 aliphatic carbocycles. The lowest BCUT2D eigenvalue weighted by Gasteiger charge is -2.03. The molecular formula is C9H14N2OS2. The molecule has 1 aromatic rings. The number of hydrogen-bond acceptors (Lipinski definition) is 4. The van der Waals surface area contributed by atoms with Crippen LogP contribution >= 0.6 is 11.8 Å². The van der Waals surface area contributed by atoms with Crippen LogP contribution in [0.25, 0.3) is 0 Å². The highest BCUT2D eigenvalue weighted by Gasteiger charge is 2.07. The molecule has 1 heterocycles. The average Bonchev–Trinajstić information content (AvgIpc) is 2.18. The lowest BCUT2D eigenvalue weighted by atomic mass is 10.4. The third-order valence-corrected chi connectivity index (χ3v) is 3.82. The molecule has 2 N–H and O–H groups in total. The predicted molar refractivity (Wildman–Crippen MR) is 62.9 cm³/mol. The number of anilines is 1. The Morgan fingerprint density at radius 1 is 1.64 bits per heavy atom. The van der Waals surface area contributed by atoms with E-state index in [1.54, 1.807) is 30.1 Å². The van der Waals surface area contributed by atoms with E-state index in [2.05, 4.69) is 4.98 Å². The Balaban J connectivity index is 2.56. The molecule has 0 saturated heterocycles. The first kappa shape index (κ1) is 11.5. The maximum Gasteiger partial charge on any atom is 0.150 e. The minimum absolute atomic E-state index is 0.522. The Morgan fingerprint density at radius 3 is 3.07 bits per heavy atom. The highest BCUT2D eigenvalue weighted by atomic mass is 32.2. The van der Waals surface area contributed by atoms with Gasteiger partial charge in [0.2, 0.25) is 0 Å². The molecule has 0 radical (unpaired) electrons. The normalized spacial score (nSPS) is 12.6. The van der Waals surface area contributed by atoms with Crippen molar-refractivity contribution in [3.63, 3.8) is 0 Å². The van der Waals surface area contributed by atoms with Crippen molar-refractivity contribution >= 4 is 28.2 Å². The Morgan fingerprint density at radius 2 is 2.43 bits per heavy atom. The van der Waals surface area contributed by atoms with Gasteiger partial charge in [-0.15, -0.1) is 0 Å². The van der Waals surface area contributed by atoms with Crippen molar-refractivity contribution in [2.45, 2.75) is 11.4 Å². The maximum absolute atomic E-state index is 11.7. The Kier molecular flexibility index (Phi) is 4.97. The van der Waals surface area contributed by atoms with Crippen molar-refractivity contribution in [3.05, 3.63) is 18.3 Å². The summed E-state index contributed by atoms with van der Waals surface area (Å²) in [6.45, 7) is 0. The van der Waals surface area contributed by atoms with Crippen molar-refractivity contribution in [2.75, 3.05) is 23.5 Å². The summed E-state index contributed by atoms with van der Waals surface area (Å²) in [6, 6.07) is 3.48. The van der Waals surface area contributed by atoms with Gasteiger partial charge in [0.05, 0.1) is 16.5 Å². The van der Waals surface area contributed by atoms with E-state index in [0.29, 0.717) is 16.5 Å². The fourth-order valence-electron chi connectivity index (χ4n) is 1.02. The number of pyridine rings is 1. The first-order valence-corrected chi connectivity index (χ1v) is 7.04. The standard InChI is InChI=1S/C9H14N2OS2/c1-13-6-3-7-14(12)9-8(10)4-2-5-11-9/h2,4-5H,3,6-7,10H2,1H3. The molecule has 14 heavy (non-hydrogen) atoms. The zero-order valence-corrected chi connectivity index (χ0v) is 9.74. The third-order valence-electron chi connectivity index (χ3n) is 1.69. The van der Waals surface area contributed by atoms with E-state index in [1.165, 1.54) is 0 Å². The van der Waals surface area contributed by atoms with Crippen LogP contribution in [0, 0.1) is 0 Å². The molecule has 0 aliphatic heterocycles. The zero-order valence-electron chi connectivity index (χ0n) is 8.10. The first-order valence-electron chi connectivity index (χ1n) is 4.33. The lowest BCUT2D eigenvalue weighted by Crippen LogP contribution is -2.04. The summed E-state index contributed by atoms with van der Waals surface area (Å²) in [6.07, 6.45) is 4.60.